The Bertz CT molecular complexity index is 368. The maximum Gasteiger partial charge on any atom is 0.299 e. The van der Waals surface area contributed by atoms with Crippen molar-refractivity contribution in [3.8, 4) is 0 Å². The van der Waals surface area contributed by atoms with E-state index in [4.69, 9.17) is 11.6 Å². The molecule has 1 N–H and O–H groups in total. The zero-order chi connectivity index (χ0) is 12.1. The van der Waals surface area contributed by atoms with Crippen LogP contribution in [0.25, 0.3) is 0 Å². The third kappa shape index (κ3) is 3.43. The van der Waals surface area contributed by atoms with Crippen molar-refractivity contribution in [3.05, 3.63) is 25.4 Å². The van der Waals surface area contributed by atoms with Crippen LogP contribution in [0.4, 0.5) is 5.69 Å². The van der Waals surface area contributed by atoms with Crippen molar-refractivity contribution in [1.29, 1.82) is 0 Å². The topological polar surface area (TPSA) is 55.2 Å². The van der Waals surface area contributed by atoms with E-state index in [1.165, 1.54) is 11.3 Å². The van der Waals surface area contributed by atoms with Gasteiger partial charge < -0.3 is 5.32 Å². The number of unbranched alkanes of at least 4 members (excludes halogenated alkanes) is 1. The van der Waals surface area contributed by atoms with E-state index in [0.717, 1.165) is 24.3 Å². The summed E-state index contributed by atoms with van der Waals surface area (Å²) in [5, 5.41) is 13.9. The fourth-order valence-electron chi connectivity index (χ4n) is 1.31. The molecule has 0 radical (unpaired) electrons. The zero-order valence-corrected chi connectivity index (χ0v) is 10.9. The van der Waals surface area contributed by atoms with Gasteiger partial charge in [-0.15, -0.1) is 11.3 Å². The first-order chi connectivity index (χ1) is 7.56. The summed E-state index contributed by atoms with van der Waals surface area (Å²) in [6.07, 6.45) is 2.23. The smallest absolute Gasteiger partial charge is 0.299 e. The minimum atomic E-state index is -0.443. The minimum absolute atomic E-state index is 0.00538. The van der Waals surface area contributed by atoms with Crippen LogP contribution in [0.1, 0.15) is 37.6 Å². The lowest BCUT2D eigenvalue weighted by molar-refractivity contribution is -0.384. The molecule has 1 aromatic heterocycles. The average molecular weight is 263 g/mol. The van der Waals surface area contributed by atoms with Crippen LogP contribution in [0.2, 0.25) is 4.34 Å². The molecule has 0 aromatic carbocycles. The quantitative estimate of drug-likeness (QED) is 0.482. The lowest BCUT2D eigenvalue weighted by atomic mass is 10.2. The van der Waals surface area contributed by atoms with Crippen LogP contribution in [0.15, 0.2) is 6.07 Å². The second-order valence-electron chi connectivity index (χ2n) is 3.59. The molecule has 0 bridgehead atoms. The van der Waals surface area contributed by atoms with Gasteiger partial charge in [-0.2, -0.15) is 0 Å². The molecule has 0 aliphatic heterocycles. The van der Waals surface area contributed by atoms with Crippen molar-refractivity contribution in [2.45, 2.75) is 32.7 Å². The summed E-state index contributed by atoms with van der Waals surface area (Å²) in [6, 6.07) is 1.67. The van der Waals surface area contributed by atoms with Crippen molar-refractivity contribution in [3.63, 3.8) is 0 Å². The second-order valence-corrected chi connectivity index (χ2v) is 5.28. The molecule has 1 aromatic rings. The Morgan fingerprint density at radius 2 is 2.38 bits per heavy atom. The Morgan fingerprint density at radius 1 is 1.69 bits per heavy atom. The van der Waals surface area contributed by atoms with E-state index in [-0.39, 0.29) is 16.1 Å². The summed E-state index contributed by atoms with van der Waals surface area (Å²) in [5.41, 5.74) is 0.00538. The summed E-state index contributed by atoms with van der Waals surface area (Å²) < 4.78 is 0.254. The highest BCUT2D eigenvalue weighted by Crippen LogP contribution is 2.36. The minimum Gasteiger partial charge on any atom is -0.309 e. The van der Waals surface area contributed by atoms with Crippen molar-refractivity contribution >= 4 is 28.6 Å². The van der Waals surface area contributed by atoms with E-state index < -0.39 is 4.92 Å². The molecule has 0 saturated carbocycles. The van der Waals surface area contributed by atoms with Gasteiger partial charge in [-0.25, -0.2) is 0 Å². The van der Waals surface area contributed by atoms with E-state index in [1.807, 2.05) is 6.92 Å². The number of halogens is 1. The molecular weight excluding hydrogens is 248 g/mol. The standard InChI is InChI=1S/C10H15ClN2O2S/c1-3-4-5-12-7(2)9-6-8(13(14)15)10(11)16-9/h6-7,12H,3-5H2,1-2H3. The van der Waals surface area contributed by atoms with Gasteiger partial charge in [0.05, 0.1) is 4.92 Å². The number of hydrogen-bond acceptors (Lipinski definition) is 4. The fraction of sp³-hybridized carbons (Fsp3) is 0.600. The Kier molecular flexibility index (Phi) is 5.18. The molecule has 0 spiro atoms. The lowest BCUT2D eigenvalue weighted by Gasteiger charge is -2.10. The Morgan fingerprint density at radius 3 is 2.88 bits per heavy atom. The summed E-state index contributed by atoms with van der Waals surface area (Å²) in [6.45, 7) is 5.03. The lowest BCUT2D eigenvalue weighted by Crippen LogP contribution is -2.18. The predicted molar refractivity (Wildman–Crippen MR) is 67.3 cm³/mol. The Balaban J connectivity index is 2.65. The third-order valence-electron chi connectivity index (χ3n) is 2.29. The van der Waals surface area contributed by atoms with Crippen molar-refractivity contribution in [2.75, 3.05) is 6.54 Å². The number of nitro groups is 1. The first-order valence-corrected chi connectivity index (χ1v) is 6.42. The summed E-state index contributed by atoms with van der Waals surface area (Å²) in [5.74, 6) is 0. The van der Waals surface area contributed by atoms with E-state index in [1.54, 1.807) is 6.07 Å². The SMILES string of the molecule is CCCCNC(C)c1cc([N+](=O)[O-])c(Cl)s1. The zero-order valence-electron chi connectivity index (χ0n) is 9.33. The highest BCUT2D eigenvalue weighted by atomic mass is 35.5. The van der Waals surface area contributed by atoms with Crippen LogP contribution in [0.3, 0.4) is 0 Å². The summed E-state index contributed by atoms with van der Waals surface area (Å²) >= 11 is 7.06. The Hall–Kier alpha value is -0.650. The average Bonchev–Trinajstić information content (AvgIpc) is 2.60. The number of nitrogens with one attached hydrogen (secondary N) is 1. The van der Waals surface area contributed by atoms with E-state index in [2.05, 4.69) is 12.2 Å². The number of rotatable bonds is 6. The molecule has 90 valence electrons. The van der Waals surface area contributed by atoms with Crippen LogP contribution in [-0.2, 0) is 0 Å². The van der Waals surface area contributed by atoms with Crippen molar-refractivity contribution in [2.24, 2.45) is 0 Å². The molecular formula is C10H15ClN2O2S. The molecule has 0 saturated heterocycles. The molecule has 1 rings (SSSR count). The summed E-state index contributed by atoms with van der Waals surface area (Å²) in [4.78, 5) is 11.1. The first kappa shape index (κ1) is 13.4. The monoisotopic (exact) mass is 262 g/mol. The van der Waals surface area contributed by atoms with Crippen molar-refractivity contribution < 1.29 is 4.92 Å². The Labute approximate surface area is 104 Å². The van der Waals surface area contributed by atoms with Crippen LogP contribution in [-0.4, -0.2) is 11.5 Å². The maximum absolute atomic E-state index is 10.6. The predicted octanol–water partition coefficient (Wildman–Crippen LogP) is 3.76. The van der Waals surface area contributed by atoms with E-state index in [0.29, 0.717) is 0 Å². The molecule has 0 amide bonds. The third-order valence-corrected chi connectivity index (χ3v) is 3.81. The van der Waals surface area contributed by atoms with Gasteiger partial charge in [-0.3, -0.25) is 10.1 Å². The molecule has 0 aliphatic rings. The summed E-state index contributed by atoms with van der Waals surface area (Å²) in [7, 11) is 0. The first-order valence-electron chi connectivity index (χ1n) is 5.23. The second kappa shape index (κ2) is 6.18. The highest BCUT2D eigenvalue weighted by Gasteiger charge is 2.19. The molecule has 1 unspecified atom stereocenters. The molecule has 6 heteroatoms. The molecule has 1 atom stereocenters. The van der Waals surface area contributed by atoms with E-state index in [9.17, 15) is 10.1 Å². The molecule has 0 fully saturated rings. The van der Waals surface area contributed by atoms with Gasteiger partial charge in [0.1, 0.15) is 0 Å². The van der Waals surface area contributed by atoms with Crippen LogP contribution in [0, 0.1) is 10.1 Å². The van der Waals surface area contributed by atoms with Gasteiger partial charge in [0, 0.05) is 17.0 Å². The van der Waals surface area contributed by atoms with Gasteiger partial charge in [0.15, 0.2) is 4.34 Å². The van der Waals surface area contributed by atoms with Crippen LogP contribution in [0.5, 0.6) is 0 Å². The van der Waals surface area contributed by atoms with Gasteiger partial charge in [-0.1, -0.05) is 24.9 Å². The number of hydrogen-bond donors (Lipinski definition) is 1. The van der Waals surface area contributed by atoms with E-state index >= 15 is 0 Å². The van der Waals surface area contributed by atoms with Gasteiger partial charge in [-0.05, 0) is 19.9 Å². The molecule has 4 nitrogen and oxygen atoms in total. The largest absolute Gasteiger partial charge is 0.309 e. The van der Waals surface area contributed by atoms with Crippen LogP contribution >= 0.6 is 22.9 Å². The van der Waals surface area contributed by atoms with Gasteiger partial charge in [0.2, 0.25) is 0 Å². The molecule has 0 aliphatic carbocycles. The molecule has 16 heavy (non-hydrogen) atoms. The normalized spacial score (nSPS) is 12.7. The number of nitrogens with zero attached hydrogens (tertiary/aromatic N) is 1. The van der Waals surface area contributed by atoms with Crippen molar-refractivity contribution in [1.82, 2.24) is 5.32 Å². The van der Waals surface area contributed by atoms with Gasteiger partial charge in [0.25, 0.3) is 5.69 Å². The fourth-order valence-corrected chi connectivity index (χ4v) is 2.58. The molecule has 1 heterocycles. The maximum atomic E-state index is 10.6. The van der Waals surface area contributed by atoms with Gasteiger partial charge >= 0.3 is 0 Å². The van der Waals surface area contributed by atoms with Crippen LogP contribution < -0.4 is 5.32 Å². The highest BCUT2D eigenvalue weighted by molar-refractivity contribution is 7.16. The number of thiophene rings is 1.